The summed E-state index contributed by atoms with van der Waals surface area (Å²) in [5, 5.41) is 9.17. The molecule has 3 aromatic carbocycles. The van der Waals surface area contributed by atoms with Gasteiger partial charge >= 0.3 is 0 Å². The Morgan fingerprint density at radius 1 is 0.806 bits per heavy atom. The molecule has 36 heavy (non-hydrogen) atoms. The van der Waals surface area contributed by atoms with Crippen molar-refractivity contribution in [1.82, 2.24) is 24.4 Å². The van der Waals surface area contributed by atoms with Gasteiger partial charge in [-0.05, 0) is 23.8 Å². The first kappa shape index (κ1) is 21.8. The van der Waals surface area contributed by atoms with Gasteiger partial charge in [-0.25, -0.2) is 4.68 Å². The van der Waals surface area contributed by atoms with Crippen molar-refractivity contribution < 1.29 is 0 Å². The lowest BCUT2D eigenvalue weighted by atomic mass is 10.1. The third kappa shape index (κ3) is 4.14. The van der Waals surface area contributed by atoms with Gasteiger partial charge in [0, 0.05) is 23.7 Å². The Hall–Kier alpha value is -4.69. The molecule has 0 spiro atoms. The maximum atomic E-state index is 13.3. The average molecular weight is 490 g/mol. The van der Waals surface area contributed by atoms with Gasteiger partial charge in [0.15, 0.2) is 0 Å². The molecule has 6 rings (SSSR count). The molecule has 6 aromatic rings. The molecule has 3 heterocycles. The van der Waals surface area contributed by atoms with Crippen LogP contribution in [0.4, 0.5) is 0 Å². The van der Waals surface area contributed by atoms with E-state index in [9.17, 15) is 9.59 Å². The standard InChI is InChI=1S/C28H19N5O2S/c34-26-23(16-19-10-4-1-5-11-19)30-33-27(35)24(36-28(33)29-26)17-21-18-32(22-14-8-3-9-15-22)31-25(21)20-12-6-2-7-13-20/h1-15,17-18H,16H2/b24-17-. The Labute approximate surface area is 209 Å². The quantitative estimate of drug-likeness (QED) is 0.370. The molecule has 8 heteroatoms. The van der Waals surface area contributed by atoms with Crippen molar-refractivity contribution >= 4 is 22.4 Å². The van der Waals surface area contributed by atoms with Gasteiger partial charge in [0.2, 0.25) is 4.96 Å². The Balaban J connectivity index is 1.49. The van der Waals surface area contributed by atoms with E-state index in [0.29, 0.717) is 11.0 Å². The first-order valence-corrected chi connectivity index (χ1v) is 12.2. The van der Waals surface area contributed by atoms with Crippen LogP contribution in [-0.4, -0.2) is 24.4 Å². The van der Waals surface area contributed by atoms with Crippen LogP contribution in [0.2, 0.25) is 0 Å². The zero-order chi connectivity index (χ0) is 24.5. The summed E-state index contributed by atoms with van der Waals surface area (Å²) in [6.07, 6.45) is 4.00. The number of para-hydroxylation sites is 1. The average Bonchev–Trinajstić information content (AvgIpc) is 3.47. The summed E-state index contributed by atoms with van der Waals surface area (Å²) in [7, 11) is 0. The van der Waals surface area contributed by atoms with E-state index in [1.165, 1.54) is 4.52 Å². The van der Waals surface area contributed by atoms with Gasteiger partial charge in [0.1, 0.15) is 5.69 Å². The predicted octanol–water partition coefficient (Wildman–Crippen LogP) is 3.50. The van der Waals surface area contributed by atoms with Gasteiger partial charge in [-0.1, -0.05) is 90.2 Å². The maximum absolute atomic E-state index is 13.3. The van der Waals surface area contributed by atoms with Crippen LogP contribution < -0.4 is 15.7 Å². The molecule has 0 bridgehead atoms. The summed E-state index contributed by atoms with van der Waals surface area (Å²) in [4.78, 5) is 30.3. The molecule has 7 nitrogen and oxygen atoms in total. The first-order chi connectivity index (χ1) is 17.7. The van der Waals surface area contributed by atoms with E-state index in [2.05, 4.69) is 10.1 Å². The molecule has 0 N–H and O–H groups in total. The van der Waals surface area contributed by atoms with Crippen LogP contribution in [0.15, 0.2) is 107 Å². The van der Waals surface area contributed by atoms with Crippen molar-refractivity contribution in [2.75, 3.05) is 0 Å². The molecule has 0 aliphatic heterocycles. The van der Waals surface area contributed by atoms with Gasteiger partial charge in [0.05, 0.1) is 15.9 Å². The molecule has 0 fully saturated rings. The van der Waals surface area contributed by atoms with Gasteiger partial charge in [-0.2, -0.15) is 19.7 Å². The third-order valence-electron chi connectivity index (χ3n) is 5.76. The SMILES string of the molecule is O=c1nc2s/c(=C\c3cn(-c4ccccc4)nc3-c3ccccc3)c(=O)n2nc1Cc1ccccc1. The van der Waals surface area contributed by atoms with Gasteiger partial charge in [-0.15, -0.1) is 0 Å². The van der Waals surface area contributed by atoms with Gasteiger partial charge in [0.25, 0.3) is 11.1 Å². The van der Waals surface area contributed by atoms with Crippen molar-refractivity contribution in [1.29, 1.82) is 0 Å². The summed E-state index contributed by atoms with van der Waals surface area (Å²) in [6, 6.07) is 29.1. The van der Waals surface area contributed by atoms with Crippen molar-refractivity contribution in [3.8, 4) is 16.9 Å². The Morgan fingerprint density at radius 2 is 1.47 bits per heavy atom. The highest BCUT2D eigenvalue weighted by Gasteiger charge is 2.14. The monoisotopic (exact) mass is 489 g/mol. The molecule has 0 amide bonds. The molecular formula is C28H19N5O2S. The van der Waals surface area contributed by atoms with E-state index in [-0.39, 0.29) is 16.2 Å². The van der Waals surface area contributed by atoms with Crippen molar-refractivity contribution in [2.24, 2.45) is 0 Å². The second-order valence-electron chi connectivity index (χ2n) is 8.22. The third-order valence-corrected chi connectivity index (χ3v) is 6.72. The number of hydrogen-bond acceptors (Lipinski definition) is 6. The zero-order valence-electron chi connectivity index (χ0n) is 19.0. The number of hydrogen-bond donors (Lipinski definition) is 0. The molecule has 0 aliphatic rings. The second-order valence-corrected chi connectivity index (χ2v) is 9.22. The normalized spacial score (nSPS) is 11.8. The first-order valence-electron chi connectivity index (χ1n) is 11.3. The fourth-order valence-electron chi connectivity index (χ4n) is 4.01. The lowest BCUT2D eigenvalue weighted by Gasteiger charge is -2.00. The Kier molecular flexibility index (Phi) is 5.55. The summed E-state index contributed by atoms with van der Waals surface area (Å²) < 4.78 is 3.44. The van der Waals surface area contributed by atoms with E-state index in [1.54, 1.807) is 10.8 Å². The van der Waals surface area contributed by atoms with Gasteiger partial charge < -0.3 is 0 Å². The van der Waals surface area contributed by atoms with Crippen molar-refractivity contribution in [3.05, 3.63) is 139 Å². The van der Waals surface area contributed by atoms with Crippen LogP contribution >= 0.6 is 11.3 Å². The summed E-state index contributed by atoms with van der Waals surface area (Å²) >= 11 is 1.14. The lowest BCUT2D eigenvalue weighted by molar-refractivity contribution is 0.811. The number of thiazole rings is 1. The van der Waals surface area contributed by atoms with Crippen molar-refractivity contribution in [2.45, 2.75) is 6.42 Å². The molecule has 0 saturated heterocycles. The van der Waals surface area contributed by atoms with Crippen LogP contribution in [0.3, 0.4) is 0 Å². The van der Waals surface area contributed by atoms with E-state index < -0.39 is 5.56 Å². The molecule has 0 atom stereocenters. The largest absolute Gasteiger partial charge is 0.296 e. The minimum atomic E-state index is -0.423. The van der Waals surface area contributed by atoms with Crippen LogP contribution in [0, 0.1) is 0 Å². The summed E-state index contributed by atoms with van der Waals surface area (Å²) in [5.41, 5.74) is 3.80. The van der Waals surface area contributed by atoms with E-state index >= 15 is 0 Å². The highest BCUT2D eigenvalue weighted by atomic mass is 32.1. The fourth-order valence-corrected chi connectivity index (χ4v) is 4.90. The topological polar surface area (TPSA) is 82.1 Å². The van der Waals surface area contributed by atoms with E-state index in [1.807, 2.05) is 97.2 Å². The molecule has 0 aliphatic carbocycles. The highest BCUT2D eigenvalue weighted by molar-refractivity contribution is 7.15. The predicted molar refractivity (Wildman–Crippen MR) is 140 cm³/mol. The zero-order valence-corrected chi connectivity index (χ0v) is 19.8. The second kappa shape index (κ2) is 9.16. The smallest absolute Gasteiger partial charge is 0.266 e. The molecule has 0 saturated carbocycles. The van der Waals surface area contributed by atoms with Crippen LogP contribution in [0.1, 0.15) is 16.8 Å². The number of aromatic nitrogens is 5. The molecule has 3 aromatic heterocycles. The lowest BCUT2D eigenvalue weighted by Crippen LogP contribution is -2.28. The van der Waals surface area contributed by atoms with E-state index in [4.69, 9.17) is 5.10 Å². The number of fused-ring (bicyclic) bond motifs is 1. The molecular weight excluding hydrogens is 470 g/mol. The molecule has 0 unspecified atom stereocenters. The Bertz CT molecular complexity index is 1840. The van der Waals surface area contributed by atoms with Crippen LogP contribution in [0.5, 0.6) is 0 Å². The highest BCUT2D eigenvalue weighted by Crippen LogP contribution is 2.24. The number of nitrogens with zero attached hydrogens (tertiary/aromatic N) is 5. The molecule has 174 valence electrons. The van der Waals surface area contributed by atoms with Gasteiger partial charge in [-0.3, -0.25) is 9.59 Å². The fraction of sp³-hybridized carbons (Fsp3) is 0.0357. The number of rotatable bonds is 5. The minimum Gasteiger partial charge on any atom is -0.266 e. The summed E-state index contributed by atoms with van der Waals surface area (Å²) in [5.74, 6) is 0. The van der Waals surface area contributed by atoms with Crippen LogP contribution in [0.25, 0.3) is 28.0 Å². The van der Waals surface area contributed by atoms with Crippen molar-refractivity contribution in [3.63, 3.8) is 0 Å². The number of benzene rings is 3. The maximum Gasteiger partial charge on any atom is 0.296 e. The minimum absolute atomic E-state index is 0.238. The molecule has 0 radical (unpaired) electrons. The summed E-state index contributed by atoms with van der Waals surface area (Å²) in [6.45, 7) is 0. The van der Waals surface area contributed by atoms with E-state index in [0.717, 1.165) is 39.4 Å². The van der Waals surface area contributed by atoms with Crippen LogP contribution in [-0.2, 0) is 6.42 Å². The Morgan fingerprint density at radius 3 is 2.19 bits per heavy atom.